The Balaban J connectivity index is 1.55. The first kappa shape index (κ1) is 12.7. The molecule has 0 saturated heterocycles. The molecule has 110 valence electrons. The molecule has 4 aliphatic rings. The number of nitrogens with zero attached hydrogens (tertiary/aromatic N) is 2. The number of imidazole rings is 1. The number of anilines is 1. The Hall–Kier alpha value is -0.990. The first-order valence-corrected chi connectivity index (χ1v) is 8.41. The molecule has 3 heteroatoms. The highest BCUT2D eigenvalue weighted by Gasteiger charge is 2.51. The van der Waals surface area contributed by atoms with Gasteiger partial charge in [0.25, 0.3) is 0 Å². The molecule has 0 aliphatic heterocycles. The second-order valence-electron chi connectivity index (χ2n) is 8.12. The van der Waals surface area contributed by atoms with Gasteiger partial charge in [0.1, 0.15) is 0 Å². The molecule has 0 spiro atoms. The van der Waals surface area contributed by atoms with Gasteiger partial charge in [0.15, 0.2) is 0 Å². The van der Waals surface area contributed by atoms with Crippen molar-refractivity contribution in [3.05, 3.63) is 12.4 Å². The highest BCUT2D eigenvalue weighted by Crippen LogP contribution is 2.56. The summed E-state index contributed by atoms with van der Waals surface area (Å²) in [6.07, 6.45) is 12.7. The molecule has 4 bridgehead atoms. The van der Waals surface area contributed by atoms with Crippen LogP contribution in [-0.4, -0.2) is 15.1 Å². The van der Waals surface area contributed by atoms with Gasteiger partial charge in [0.05, 0.1) is 0 Å². The molecule has 4 aliphatic carbocycles. The second-order valence-corrected chi connectivity index (χ2v) is 8.12. The quantitative estimate of drug-likeness (QED) is 0.901. The van der Waals surface area contributed by atoms with E-state index in [1.807, 2.05) is 6.20 Å². The van der Waals surface area contributed by atoms with Crippen molar-refractivity contribution in [1.82, 2.24) is 9.55 Å². The van der Waals surface area contributed by atoms with Gasteiger partial charge in [-0.2, -0.15) is 0 Å². The molecule has 0 radical (unpaired) electrons. The first-order chi connectivity index (χ1) is 9.62. The highest BCUT2D eigenvalue weighted by molar-refractivity contribution is 5.33. The van der Waals surface area contributed by atoms with Crippen molar-refractivity contribution < 1.29 is 0 Å². The van der Waals surface area contributed by atoms with Crippen LogP contribution in [0.4, 0.5) is 5.95 Å². The molecule has 1 heterocycles. The van der Waals surface area contributed by atoms with Crippen LogP contribution in [0, 0.1) is 23.7 Å². The maximum atomic E-state index is 4.60. The maximum Gasteiger partial charge on any atom is 0.203 e. The molecular formula is C17H27N3. The van der Waals surface area contributed by atoms with Crippen LogP contribution < -0.4 is 5.32 Å². The fraction of sp³-hybridized carbons (Fsp3) is 0.824. The van der Waals surface area contributed by atoms with E-state index in [0.717, 1.165) is 30.2 Å². The van der Waals surface area contributed by atoms with Gasteiger partial charge in [0.2, 0.25) is 5.95 Å². The molecular weight excluding hydrogens is 246 g/mol. The van der Waals surface area contributed by atoms with Gasteiger partial charge in [0, 0.05) is 24.5 Å². The van der Waals surface area contributed by atoms with E-state index in [1.165, 1.54) is 38.5 Å². The van der Waals surface area contributed by atoms with Gasteiger partial charge in [-0.25, -0.2) is 4.98 Å². The second kappa shape index (κ2) is 4.51. The summed E-state index contributed by atoms with van der Waals surface area (Å²) in [7, 11) is 0. The Morgan fingerprint density at radius 1 is 1.20 bits per heavy atom. The summed E-state index contributed by atoms with van der Waals surface area (Å²) in [4.78, 5) is 4.60. The Morgan fingerprint density at radius 2 is 1.80 bits per heavy atom. The van der Waals surface area contributed by atoms with Crippen LogP contribution in [0.1, 0.15) is 52.4 Å². The van der Waals surface area contributed by atoms with Crippen LogP contribution in [0.2, 0.25) is 0 Å². The fourth-order valence-electron chi connectivity index (χ4n) is 5.47. The molecule has 1 aromatic heterocycles. The molecule has 4 saturated carbocycles. The largest absolute Gasteiger partial charge is 0.350 e. The topological polar surface area (TPSA) is 29.9 Å². The van der Waals surface area contributed by atoms with Gasteiger partial charge in [-0.1, -0.05) is 13.8 Å². The summed E-state index contributed by atoms with van der Waals surface area (Å²) in [6, 6.07) is 0. The van der Waals surface area contributed by atoms with E-state index in [9.17, 15) is 0 Å². The minimum Gasteiger partial charge on any atom is -0.350 e. The minimum absolute atomic E-state index is 0.370. The Labute approximate surface area is 122 Å². The van der Waals surface area contributed by atoms with Crippen molar-refractivity contribution in [1.29, 1.82) is 0 Å². The predicted molar refractivity (Wildman–Crippen MR) is 81.6 cm³/mol. The first-order valence-electron chi connectivity index (χ1n) is 8.41. The number of hydrogen-bond acceptors (Lipinski definition) is 2. The van der Waals surface area contributed by atoms with Crippen LogP contribution in [0.5, 0.6) is 0 Å². The average molecular weight is 273 g/mol. The number of hydrogen-bond donors (Lipinski definition) is 1. The van der Waals surface area contributed by atoms with Gasteiger partial charge >= 0.3 is 0 Å². The number of rotatable bonds is 4. The van der Waals surface area contributed by atoms with Crippen molar-refractivity contribution in [2.45, 2.75) is 64.5 Å². The van der Waals surface area contributed by atoms with Crippen LogP contribution in [0.15, 0.2) is 12.4 Å². The molecule has 1 aromatic rings. The number of aromatic nitrogens is 2. The minimum atomic E-state index is 0.370. The average Bonchev–Trinajstić information content (AvgIpc) is 2.73. The summed E-state index contributed by atoms with van der Waals surface area (Å²) in [5.74, 6) is 4.74. The van der Waals surface area contributed by atoms with Crippen molar-refractivity contribution >= 4 is 5.95 Å². The molecule has 0 aromatic carbocycles. The third-order valence-corrected chi connectivity index (χ3v) is 5.69. The Morgan fingerprint density at radius 3 is 2.35 bits per heavy atom. The number of nitrogens with one attached hydrogen (secondary N) is 1. The van der Waals surface area contributed by atoms with Crippen LogP contribution >= 0.6 is 0 Å². The van der Waals surface area contributed by atoms with E-state index < -0.39 is 0 Å². The zero-order valence-electron chi connectivity index (χ0n) is 12.8. The van der Waals surface area contributed by atoms with Crippen molar-refractivity contribution in [2.24, 2.45) is 23.7 Å². The zero-order chi connectivity index (χ0) is 13.7. The molecule has 3 nitrogen and oxygen atoms in total. The summed E-state index contributed by atoms with van der Waals surface area (Å²) in [5.41, 5.74) is 0.370. The normalized spacial score (nSPS) is 38.6. The SMILES string of the molecule is CC(C)Cn1ccnc1NC12CC3CC(CC(C3)C1)C2. The lowest BCUT2D eigenvalue weighted by atomic mass is 9.53. The van der Waals surface area contributed by atoms with Gasteiger partial charge in [-0.3, -0.25) is 0 Å². The smallest absolute Gasteiger partial charge is 0.203 e. The molecule has 0 atom stereocenters. The molecule has 0 unspecified atom stereocenters. The van der Waals surface area contributed by atoms with Gasteiger partial charge in [-0.15, -0.1) is 0 Å². The van der Waals surface area contributed by atoms with E-state index in [-0.39, 0.29) is 0 Å². The van der Waals surface area contributed by atoms with Gasteiger partial charge in [-0.05, 0) is 62.2 Å². The van der Waals surface area contributed by atoms with Crippen molar-refractivity contribution in [3.63, 3.8) is 0 Å². The van der Waals surface area contributed by atoms with E-state index in [0.29, 0.717) is 11.5 Å². The molecule has 20 heavy (non-hydrogen) atoms. The maximum absolute atomic E-state index is 4.60. The lowest BCUT2D eigenvalue weighted by Crippen LogP contribution is -2.55. The summed E-state index contributed by atoms with van der Waals surface area (Å²) >= 11 is 0. The van der Waals surface area contributed by atoms with Crippen LogP contribution in [-0.2, 0) is 6.54 Å². The monoisotopic (exact) mass is 273 g/mol. The summed E-state index contributed by atoms with van der Waals surface area (Å²) < 4.78 is 2.31. The van der Waals surface area contributed by atoms with Crippen LogP contribution in [0.3, 0.4) is 0 Å². The predicted octanol–water partition coefficient (Wildman–Crippen LogP) is 3.92. The van der Waals surface area contributed by atoms with E-state index in [4.69, 9.17) is 0 Å². The molecule has 1 N–H and O–H groups in total. The standard InChI is InChI=1S/C17H27N3/c1-12(2)11-20-4-3-18-16(20)19-17-8-13-5-14(9-17)7-15(6-13)10-17/h3-4,12-15H,5-11H2,1-2H3,(H,18,19). The van der Waals surface area contributed by atoms with E-state index in [1.54, 1.807) is 0 Å². The Kier molecular flexibility index (Phi) is 2.87. The van der Waals surface area contributed by atoms with Crippen molar-refractivity contribution in [3.8, 4) is 0 Å². The lowest BCUT2D eigenvalue weighted by molar-refractivity contribution is 0.0102. The molecule has 4 fully saturated rings. The van der Waals surface area contributed by atoms with E-state index >= 15 is 0 Å². The third kappa shape index (κ3) is 2.15. The summed E-state index contributed by atoms with van der Waals surface area (Å²) in [6.45, 7) is 5.61. The Bertz CT molecular complexity index is 453. The fourth-order valence-corrected chi connectivity index (χ4v) is 5.47. The summed E-state index contributed by atoms with van der Waals surface area (Å²) in [5, 5.41) is 3.89. The van der Waals surface area contributed by atoms with Crippen molar-refractivity contribution in [2.75, 3.05) is 5.32 Å². The zero-order valence-corrected chi connectivity index (χ0v) is 12.8. The highest BCUT2D eigenvalue weighted by atomic mass is 15.2. The van der Waals surface area contributed by atoms with Gasteiger partial charge < -0.3 is 9.88 Å². The lowest BCUT2D eigenvalue weighted by Gasteiger charge is -2.57. The van der Waals surface area contributed by atoms with Crippen LogP contribution in [0.25, 0.3) is 0 Å². The third-order valence-electron chi connectivity index (χ3n) is 5.69. The van der Waals surface area contributed by atoms with E-state index in [2.05, 4.69) is 34.9 Å². The molecule has 0 amide bonds. The molecule has 5 rings (SSSR count).